The van der Waals surface area contributed by atoms with Crippen molar-refractivity contribution < 1.29 is 28.7 Å². The highest BCUT2D eigenvalue weighted by molar-refractivity contribution is 5.95. The molecule has 0 aliphatic carbocycles. The fourth-order valence-electron chi connectivity index (χ4n) is 1.97. The third-order valence-corrected chi connectivity index (χ3v) is 3.03. The van der Waals surface area contributed by atoms with Crippen molar-refractivity contribution in [1.82, 2.24) is 4.90 Å². The lowest BCUT2D eigenvalue weighted by Crippen LogP contribution is -2.31. The number of aliphatic hydroxyl groups excluding tert-OH is 2. The molecule has 2 rings (SSSR count). The van der Waals surface area contributed by atoms with Gasteiger partial charge in [0.15, 0.2) is 0 Å². The molecule has 0 radical (unpaired) electrons. The van der Waals surface area contributed by atoms with Crippen LogP contribution in [0.25, 0.3) is 0 Å². The first kappa shape index (κ1) is 14.3. The van der Waals surface area contributed by atoms with Crippen LogP contribution in [0.2, 0.25) is 0 Å². The highest BCUT2D eigenvalue weighted by atomic mass is 19.1. The van der Waals surface area contributed by atoms with Gasteiger partial charge in [0.25, 0.3) is 5.91 Å². The van der Waals surface area contributed by atoms with E-state index in [-0.39, 0.29) is 13.1 Å². The van der Waals surface area contributed by atoms with E-state index in [1.54, 1.807) is 0 Å². The van der Waals surface area contributed by atoms with Gasteiger partial charge >= 0.3 is 5.69 Å². The summed E-state index contributed by atoms with van der Waals surface area (Å²) < 4.78 is 27.4. The normalized spacial score (nSPS) is 22.1. The summed E-state index contributed by atoms with van der Waals surface area (Å²) in [7, 11) is 0. The molecule has 2 N–H and O–H groups in total. The SMILES string of the molecule is O=C(c1c(F)ccc([N+](=O)[O-])c1F)N1CC(O)C(O)C1. The number of hydrogen-bond donors (Lipinski definition) is 2. The molecule has 1 aromatic carbocycles. The number of β-amino-alcohol motifs (C(OH)–C–C–N with tert-alkyl or cyclic N) is 2. The third-order valence-electron chi connectivity index (χ3n) is 3.03. The summed E-state index contributed by atoms with van der Waals surface area (Å²) >= 11 is 0. The van der Waals surface area contributed by atoms with Crippen LogP contribution in [0.15, 0.2) is 12.1 Å². The number of carbonyl (C=O) groups excluding carboxylic acids is 1. The minimum atomic E-state index is -1.57. The van der Waals surface area contributed by atoms with E-state index in [4.69, 9.17) is 0 Å². The molecule has 0 saturated carbocycles. The number of nitro benzene ring substituents is 1. The predicted octanol–water partition coefficient (Wildman–Crippen LogP) is 0.0506. The summed E-state index contributed by atoms with van der Waals surface area (Å²) in [6.07, 6.45) is -2.44. The van der Waals surface area contributed by atoms with Crippen LogP contribution < -0.4 is 0 Å². The number of nitro groups is 1. The molecule has 2 unspecified atom stereocenters. The average molecular weight is 288 g/mol. The summed E-state index contributed by atoms with van der Waals surface area (Å²) in [4.78, 5) is 22.3. The monoisotopic (exact) mass is 288 g/mol. The van der Waals surface area contributed by atoms with E-state index in [0.717, 1.165) is 4.90 Å². The van der Waals surface area contributed by atoms with Crippen LogP contribution >= 0.6 is 0 Å². The van der Waals surface area contributed by atoms with Crippen LogP contribution in [-0.2, 0) is 0 Å². The van der Waals surface area contributed by atoms with Gasteiger partial charge in [-0.2, -0.15) is 4.39 Å². The van der Waals surface area contributed by atoms with Gasteiger partial charge in [0.1, 0.15) is 11.4 Å². The zero-order valence-corrected chi connectivity index (χ0v) is 9.99. The minimum Gasteiger partial charge on any atom is -0.388 e. The maximum Gasteiger partial charge on any atom is 0.305 e. The Morgan fingerprint density at radius 2 is 1.85 bits per heavy atom. The molecular formula is C11H10F2N2O5. The van der Waals surface area contributed by atoms with Crippen molar-refractivity contribution in [3.63, 3.8) is 0 Å². The number of aliphatic hydroxyl groups is 2. The number of likely N-dealkylation sites (tertiary alicyclic amines) is 1. The fourth-order valence-corrected chi connectivity index (χ4v) is 1.97. The van der Waals surface area contributed by atoms with E-state index in [0.29, 0.717) is 12.1 Å². The van der Waals surface area contributed by atoms with Gasteiger partial charge in [0.05, 0.1) is 17.1 Å². The summed E-state index contributed by atoms with van der Waals surface area (Å²) in [5.74, 6) is -3.97. The highest BCUT2D eigenvalue weighted by Crippen LogP contribution is 2.25. The fraction of sp³-hybridized carbons (Fsp3) is 0.364. The average Bonchev–Trinajstić information content (AvgIpc) is 2.69. The summed E-state index contributed by atoms with van der Waals surface area (Å²) in [5.41, 5.74) is -2.09. The van der Waals surface area contributed by atoms with Crippen molar-refractivity contribution >= 4 is 11.6 Å². The standard InChI is InChI=1S/C11H10F2N2O5/c12-5-1-2-6(15(19)20)10(13)9(5)11(18)14-3-7(16)8(17)4-14/h1-2,7-8,16-17H,3-4H2. The molecule has 2 atom stereocenters. The quantitative estimate of drug-likeness (QED) is 0.591. The molecule has 108 valence electrons. The molecule has 0 spiro atoms. The Hall–Kier alpha value is -2.13. The van der Waals surface area contributed by atoms with Crippen LogP contribution in [0, 0.1) is 21.7 Å². The number of nitrogens with zero attached hydrogens (tertiary/aromatic N) is 2. The van der Waals surface area contributed by atoms with Gasteiger partial charge in [0, 0.05) is 19.2 Å². The zero-order chi connectivity index (χ0) is 15.0. The second kappa shape index (κ2) is 5.10. The summed E-state index contributed by atoms with van der Waals surface area (Å²) in [5, 5.41) is 29.2. The van der Waals surface area contributed by atoms with Crippen LogP contribution in [-0.4, -0.2) is 51.2 Å². The minimum absolute atomic E-state index is 0.304. The highest BCUT2D eigenvalue weighted by Gasteiger charge is 2.36. The maximum absolute atomic E-state index is 13.8. The van der Waals surface area contributed by atoms with Crippen LogP contribution in [0.4, 0.5) is 14.5 Å². The summed E-state index contributed by atoms with van der Waals surface area (Å²) in [6.45, 7) is -0.608. The molecule has 1 fully saturated rings. The zero-order valence-electron chi connectivity index (χ0n) is 9.99. The molecule has 20 heavy (non-hydrogen) atoms. The van der Waals surface area contributed by atoms with Gasteiger partial charge in [-0.3, -0.25) is 14.9 Å². The van der Waals surface area contributed by atoms with Crippen molar-refractivity contribution in [2.24, 2.45) is 0 Å². The number of carbonyl (C=O) groups is 1. The molecule has 1 heterocycles. The van der Waals surface area contributed by atoms with E-state index in [1.807, 2.05) is 0 Å². The van der Waals surface area contributed by atoms with E-state index in [2.05, 4.69) is 0 Å². The van der Waals surface area contributed by atoms with Gasteiger partial charge in [0.2, 0.25) is 5.82 Å². The number of rotatable bonds is 2. The Labute approximate surface area is 111 Å². The van der Waals surface area contributed by atoms with E-state index < -0.39 is 45.9 Å². The van der Waals surface area contributed by atoms with Crippen molar-refractivity contribution in [2.75, 3.05) is 13.1 Å². The van der Waals surface area contributed by atoms with Gasteiger partial charge < -0.3 is 15.1 Å². The molecule has 1 aliphatic heterocycles. The topological polar surface area (TPSA) is 104 Å². The Kier molecular flexibility index (Phi) is 3.64. The summed E-state index contributed by atoms with van der Waals surface area (Å²) in [6, 6.07) is 1.24. The molecule has 1 aromatic rings. The Bertz CT molecular complexity index is 570. The van der Waals surface area contributed by atoms with Crippen molar-refractivity contribution in [1.29, 1.82) is 0 Å². The maximum atomic E-state index is 13.8. The first-order chi connectivity index (χ1) is 9.32. The molecule has 7 nitrogen and oxygen atoms in total. The molecule has 1 aliphatic rings. The molecule has 0 bridgehead atoms. The lowest BCUT2D eigenvalue weighted by atomic mass is 10.1. The Morgan fingerprint density at radius 1 is 1.30 bits per heavy atom. The Balaban J connectivity index is 2.40. The molecule has 1 amide bonds. The van der Waals surface area contributed by atoms with Crippen LogP contribution in [0.1, 0.15) is 10.4 Å². The van der Waals surface area contributed by atoms with Gasteiger partial charge in [-0.05, 0) is 6.07 Å². The Morgan fingerprint density at radius 3 is 2.35 bits per heavy atom. The first-order valence-electron chi connectivity index (χ1n) is 5.60. The lowest BCUT2D eigenvalue weighted by molar-refractivity contribution is -0.387. The van der Waals surface area contributed by atoms with Crippen LogP contribution in [0.3, 0.4) is 0 Å². The number of benzene rings is 1. The number of hydrogen-bond acceptors (Lipinski definition) is 5. The van der Waals surface area contributed by atoms with Crippen LogP contribution in [0.5, 0.6) is 0 Å². The second-order valence-electron chi connectivity index (χ2n) is 4.36. The second-order valence-corrected chi connectivity index (χ2v) is 4.36. The smallest absolute Gasteiger partial charge is 0.305 e. The molecule has 1 saturated heterocycles. The molecule has 9 heteroatoms. The van der Waals surface area contributed by atoms with Crippen molar-refractivity contribution in [3.05, 3.63) is 39.4 Å². The predicted molar refractivity (Wildman–Crippen MR) is 60.9 cm³/mol. The van der Waals surface area contributed by atoms with E-state index >= 15 is 0 Å². The van der Waals surface area contributed by atoms with E-state index in [9.17, 15) is 33.9 Å². The molecule has 0 aromatic heterocycles. The first-order valence-corrected chi connectivity index (χ1v) is 5.60. The third kappa shape index (κ3) is 2.32. The van der Waals surface area contributed by atoms with Crippen molar-refractivity contribution in [3.8, 4) is 0 Å². The van der Waals surface area contributed by atoms with Gasteiger partial charge in [-0.25, -0.2) is 4.39 Å². The van der Waals surface area contributed by atoms with E-state index in [1.165, 1.54) is 0 Å². The van der Waals surface area contributed by atoms with Gasteiger partial charge in [-0.15, -0.1) is 0 Å². The number of halogens is 2. The van der Waals surface area contributed by atoms with Gasteiger partial charge in [-0.1, -0.05) is 0 Å². The van der Waals surface area contributed by atoms with Crippen molar-refractivity contribution in [2.45, 2.75) is 12.2 Å². The number of amides is 1. The molecular weight excluding hydrogens is 278 g/mol. The largest absolute Gasteiger partial charge is 0.388 e. The lowest BCUT2D eigenvalue weighted by Gasteiger charge is -2.16.